The number of hydroxylamine groups is 1. The second-order valence-corrected chi connectivity index (χ2v) is 3.39. The largest absolute Gasteiger partial charge is 0.272 e. The van der Waals surface area contributed by atoms with E-state index in [-0.39, 0.29) is 0 Å². The molecule has 62 valence electrons. The van der Waals surface area contributed by atoms with Crippen molar-refractivity contribution < 1.29 is 4.84 Å². The zero-order valence-electron chi connectivity index (χ0n) is 6.86. The quantitative estimate of drug-likeness (QED) is 0.575. The van der Waals surface area contributed by atoms with Gasteiger partial charge in [-0.1, -0.05) is 12.8 Å². The van der Waals surface area contributed by atoms with E-state index in [1.807, 2.05) is 0 Å². The first-order valence-corrected chi connectivity index (χ1v) is 4.55. The molecule has 2 heteroatoms. The van der Waals surface area contributed by atoms with Gasteiger partial charge in [-0.15, -0.1) is 0 Å². The normalized spacial score (nSPS) is 25.5. The fourth-order valence-corrected chi connectivity index (χ4v) is 1.81. The Morgan fingerprint density at radius 2 is 1.82 bits per heavy atom. The summed E-state index contributed by atoms with van der Waals surface area (Å²) in [6.07, 6.45) is 7.92. The van der Waals surface area contributed by atoms with Crippen molar-refractivity contribution in [2.24, 2.45) is 0 Å². The molecular weight excluding hydrogens is 138 g/mol. The molecule has 11 heavy (non-hydrogen) atoms. The number of nitrogens with one attached hydrogen (secondary N) is 1. The average molecular weight is 153 g/mol. The summed E-state index contributed by atoms with van der Waals surface area (Å²) in [5.74, 6) is 0. The highest BCUT2D eigenvalue weighted by Crippen LogP contribution is 2.24. The summed E-state index contributed by atoms with van der Waals surface area (Å²) < 4.78 is 0. The summed E-state index contributed by atoms with van der Waals surface area (Å²) in [7, 11) is 0. The number of rotatable bonds is 0. The summed E-state index contributed by atoms with van der Waals surface area (Å²) in [6.45, 7) is 0.829. The van der Waals surface area contributed by atoms with Gasteiger partial charge in [0.15, 0.2) is 0 Å². The zero-order chi connectivity index (χ0) is 7.52. The maximum absolute atomic E-state index is 5.18. The molecule has 2 rings (SSSR count). The second-order valence-electron chi connectivity index (χ2n) is 3.39. The Hall–Kier alpha value is -0.500. The lowest BCUT2D eigenvalue weighted by atomic mass is 9.99. The molecule has 0 spiro atoms. The lowest BCUT2D eigenvalue weighted by Crippen LogP contribution is -2.06. The lowest BCUT2D eigenvalue weighted by molar-refractivity contribution is 0.104. The van der Waals surface area contributed by atoms with Crippen LogP contribution in [0.5, 0.6) is 0 Å². The van der Waals surface area contributed by atoms with Gasteiger partial charge in [0.25, 0.3) is 0 Å². The highest BCUT2D eigenvalue weighted by atomic mass is 16.6. The number of hydrogen-bond acceptors (Lipinski definition) is 2. The molecule has 2 aliphatic rings. The van der Waals surface area contributed by atoms with Gasteiger partial charge < -0.3 is 0 Å². The number of hydrogen-bond donors (Lipinski definition) is 1. The van der Waals surface area contributed by atoms with Crippen molar-refractivity contribution in [3.8, 4) is 0 Å². The van der Waals surface area contributed by atoms with E-state index in [2.05, 4.69) is 5.48 Å². The van der Waals surface area contributed by atoms with E-state index < -0.39 is 0 Å². The fraction of sp³-hybridized carbons (Fsp3) is 0.778. The van der Waals surface area contributed by atoms with E-state index in [4.69, 9.17) is 4.84 Å². The van der Waals surface area contributed by atoms with Crippen LogP contribution in [0.3, 0.4) is 0 Å². The fourth-order valence-electron chi connectivity index (χ4n) is 1.81. The molecule has 0 unspecified atom stereocenters. The molecule has 1 heterocycles. The first-order valence-electron chi connectivity index (χ1n) is 4.55. The van der Waals surface area contributed by atoms with E-state index in [0.29, 0.717) is 0 Å². The second kappa shape index (κ2) is 3.26. The summed E-state index contributed by atoms with van der Waals surface area (Å²) in [5, 5.41) is 0. The highest BCUT2D eigenvalue weighted by Gasteiger charge is 2.15. The van der Waals surface area contributed by atoms with E-state index in [1.165, 1.54) is 49.8 Å². The first kappa shape index (κ1) is 7.17. The van der Waals surface area contributed by atoms with Crippen LogP contribution in [0.4, 0.5) is 0 Å². The molecule has 0 radical (unpaired) electrons. The molecule has 2 nitrogen and oxygen atoms in total. The molecule has 0 aromatic rings. The molecule has 0 saturated heterocycles. The minimum Gasteiger partial charge on any atom is -0.272 e. The summed E-state index contributed by atoms with van der Waals surface area (Å²) in [4.78, 5) is 5.18. The van der Waals surface area contributed by atoms with Gasteiger partial charge in [-0.2, -0.15) is 0 Å². The van der Waals surface area contributed by atoms with Crippen molar-refractivity contribution >= 4 is 0 Å². The Kier molecular flexibility index (Phi) is 2.13. The minimum atomic E-state index is 0.829. The lowest BCUT2D eigenvalue weighted by Gasteiger charge is -2.09. The third kappa shape index (κ3) is 1.56. The van der Waals surface area contributed by atoms with E-state index in [0.717, 1.165) is 6.61 Å². The van der Waals surface area contributed by atoms with E-state index in [1.54, 1.807) is 0 Å². The highest BCUT2D eigenvalue weighted by molar-refractivity contribution is 5.15. The Labute approximate surface area is 67.6 Å². The minimum absolute atomic E-state index is 0.829. The van der Waals surface area contributed by atoms with Crippen molar-refractivity contribution in [3.63, 3.8) is 0 Å². The molecule has 0 amide bonds. The molecule has 0 fully saturated rings. The summed E-state index contributed by atoms with van der Waals surface area (Å²) in [6, 6.07) is 0. The maximum Gasteiger partial charge on any atom is 0.0977 e. The Bertz CT molecular complexity index is 156. The Balaban J connectivity index is 2.05. The Morgan fingerprint density at radius 3 is 2.73 bits per heavy atom. The van der Waals surface area contributed by atoms with Crippen molar-refractivity contribution in [2.75, 3.05) is 6.61 Å². The van der Waals surface area contributed by atoms with Crippen molar-refractivity contribution in [2.45, 2.75) is 38.5 Å². The van der Waals surface area contributed by atoms with Crippen LogP contribution in [-0.2, 0) is 4.84 Å². The van der Waals surface area contributed by atoms with Crippen LogP contribution >= 0.6 is 0 Å². The van der Waals surface area contributed by atoms with Crippen LogP contribution in [0.25, 0.3) is 0 Å². The van der Waals surface area contributed by atoms with Crippen LogP contribution in [0.1, 0.15) is 38.5 Å². The van der Waals surface area contributed by atoms with Gasteiger partial charge in [-0.3, -0.25) is 10.3 Å². The van der Waals surface area contributed by atoms with Crippen molar-refractivity contribution in [1.29, 1.82) is 0 Å². The molecule has 0 atom stereocenters. The van der Waals surface area contributed by atoms with Gasteiger partial charge in [-0.05, 0) is 31.3 Å². The van der Waals surface area contributed by atoms with Crippen molar-refractivity contribution in [1.82, 2.24) is 5.48 Å². The third-order valence-electron chi connectivity index (χ3n) is 2.52. The third-order valence-corrected chi connectivity index (χ3v) is 2.52. The average Bonchev–Trinajstić information content (AvgIpc) is 2.35. The van der Waals surface area contributed by atoms with E-state index >= 15 is 0 Å². The van der Waals surface area contributed by atoms with Gasteiger partial charge in [-0.25, -0.2) is 0 Å². The van der Waals surface area contributed by atoms with Gasteiger partial charge in [0.2, 0.25) is 0 Å². The van der Waals surface area contributed by atoms with Crippen LogP contribution in [0.2, 0.25) is 0 Å². The molecular formula is C9H15NO. The predicted molar refractivity (Wildman–Crippen MR) is 43.8 cm³/mol. The molecule has 0 aromatic heterocycles. The molecule has 1 N–H and O–H groups in total. The van der Waals surface area contributed by atoms with Gasteiger partial charge in [0, 0.05) is 5.70 Å². The van der Waals surface area contributed by atoms with Gasteiger partial charge in [0.05, 0.1) is 6.61 Å². The Morgan fingerprint density at radius 1 is 1.00 bits per heavy atom. The standard InChI is InChI=1S/C9H15NO/c1-2-4-6-9-8(5-3-1)7-11-10-9/h10H,1-7H2. The molecule has 0 saturated carbocycles. The monoisotopic (exact) mass is 153 g/mol. The van der Waals surface area contributed by atoms with Gasteiger partial charge in [0.1, 0.15) is 0 Å². The topological polar surface area (TPSA) is 21.3 Å². The van der Waals surface area contributed by atoms with E-state index in [9.17, 15) is 0 Å². The molecule has 0 bridgehead atoms. The van der Waals surface area contributed by atoms with Crippen LogP contribution in [0.15, 0.2) is 11.3 Å². The summed E-state index contributed by atoms with van der Waals surface area (Å²) >= 11 is 0. The molecule has 0 aromatic carbocycles. The molecule has 1 aliphatic carbocycles. The SMILES string of the molecule is C1CCCC2=C(CC1)CON2. The zero-order valence-corrected chi connectivity index (χ0v) is 6.86. The molecule has 1 aliphatic heterocycles. The van der Waals surface area contributed by atoms with Crippen LogP contribution < -0.4 is 5.48 Å². The van der Waals surface area contributed by atoms with Gasteiger partial charge >= 0.3 is 0 Å². The predicted octanol–water partition coefficient (Wildman–Crippen LogP) is 2.13. The van der Waals surface area contributed by atoms with Crippen LogP contribution in [-0.4, -0.2) is 6.61 Å². The van der Waals surface area contributed by atoms with Crippen molar-refractivity contribution in [3.05, 3.63) is 11.3 Å². The summed E-state index contributed by atoms with van der Waals surface area (Å²) in [5.41, 5.74) is 5.90. The smallest absolute Gasteiger partial charge is 0.0977 e. The maximum atomic E-state index is 5.18. The first-order chi connectivity index (χ1) is 5.47. The van der Waals surface area contributed by atoms with Crippen LogP contribution in [0, 0.1) is 0 Å². The number of allylic oxidation sites excluding steroid dienone is 1.